The molecule has 0 bridgehead atoms. The summed E-state index contributed by atoms with van der Waals surface area (Å²) < 4.78 is 0. The Bertz CT molecular complexity index is 388. The van der Waals surface area contributed by atoms with Crippen LogP contribution in [-0.4, -0.2) is 74.7 Å². The van der Waals surface area contributed by atoms with Crippen LogP contribution in [0.2, 0.25) is 0 Å². The molecule has 2 heterocycles. The van der Waals surface area contributed by atoms with Crippen molar-refractivity contribution in [2.75, 3.05) is 52.9 Å². The van der Waals surface area contributed by atoms with Gasteiger partial charge >= 0.3 is 0 Å². The number of nitrogens with zero attached hydrogens (tertiary/aromatic N) is 3. The largest absolute Gasteiger partial charge is 0.356 e. The number of hydrogen-bond acceptors (Lipinski definition) is 3. The lowest BCUT2D eigenvalue weighted by molar-refractivity contribution is 0.161. The maximum absolute atomic E-state index is 4.45. The topological polar surface area (TPSA) is 42.9 Å². The fourth-order valence-corrected chi connectivity index (χ4v) is 4.24. The van der Waals surface area contributed by atoms with Crippen LogP contribution in [0.3, 0.4) is 0 Å². The van der Waals surface area contributed by atoms with Crippen LogP contribution in [0.1, 0.15) is 52.9 Å². The number of aliphatic imine (C=N–C) groups is 1. The van der Waals surface area contributed by atoms with Crippen molar-refractivity contribution in [3.05, 3.63) is 0 Å². The van der Waals surface area contributed by atoms with Crippen molar-refractivity contribution in [3.63, 3.8) is 0 Å². The van der Waals surface area contributed by atoms with Gasteiger partial charge in [-0.05, 0) is 57.3 Å². The summed E-state index contributed by atoms with van der Waals surface area (Å²) in [6.45, 7) is 15.1. The van der Waals surface area contributed by atoms with Crippen LogP contribution in [0, 0.1) is 11.8 Å². The Hall–Kier alpha value is -0.810. The van der Waals surface area contributed by atoms with Gasteiger partial charge in [0.15, 0.2) is 5.96 Å². The summed E-state index contributed by atoms with van der Waals surface area (Å²) >= 11 is 0. The van der Waals surface area contributed by atoms with Crippen LogP contribution in [-0.2, 0) is 0 Å². The van der Waals surface area contributed by atoms with Crippen molar-refractivity contribution in [3.8, 4) is 0 Å². The lowest BCUT2D eigenvalue weighted by Gasteiger charge is -2.34. The zero-order valence-electron chi connectivity index (χ0n) is 17.1. The van der Waals surface area contributed by atoms with Gasteiger partial charge in [0.1, 0.15) is 0 Å². The highest BCUT2D eigenvalue weighted by Crippen LogP contribution is 2.17. The van der Waals surface area contributed by atoms with Crippen molar-refractivity contribution >= 4 is 5.96 Å². The Morgan fingerprint density at radius 3 is 2.36 bits per heavy atom. The third kappa shape index (κ3) is 6.78. The van der Waals surface area contributed by atoms with Gasteiger partial charge in [0.25, 0.3) is 0 Å². The van der Waals surface area contributed by atoms with Gasteiger partial charge in [-0.2, -0.15) is 0 Å². The van der Waals surface area contributed by atoms with E-state index in [0.29, 0.717) is 12.0 Å². The molecule has 2 fully saturated rings. The van der Waals surface area contributed by atoms with E-state index in [1.165, 1.54) is 64.8 Å². The van der Waals surface area contributed by atoms with Crippen LogP contribution < -0.4 is 10.6 Å². The fraction of sp³-hybridized carbons (Fsp3) is 0.950. The molecule has 0 saturated carbocycles. The highest BCUT2D eigenvalue weighted by molar-refractivity contribution is 5.79. The molecule has 5 heteroatoms. The van der Waals surface area contributed by atoms with Gasteiger partial charge in [0.05, 0.1) is 0 Å². The van der Waals surface area contributed by atoms with Crippen molar-refractivity contribution in [2.24, 2.45) is 16.8 Å². The quantitative estimate of drug-likeness (QED) is 0.546. The maximum atomic E-state index is 4.45. The normalized spacial score (nSPS) is 25.2. The van der Waals surface area contributed by atoms with Crippen LogP contribution in [0.4, 0.5) is 0 Å². The first-order chi connectivity index (χ1) is 12.1. The summed E-state index contributed by atoms with van der Waals surface area (Å²) in [5.41, 5.74) is 0. The molecule has 0 spiro atoms. The molecule has 5 nitrogen and oxygen atoms in total. The molecule has 2 aliphatic rings. The van der Waals surface area contributed by atoms with Gasteiger partial charge in [0, 0.05) is 32.7 Å². The molecular weight excluding hydrogens is 310 g/mol. The van der Waals surface area contributed by atoms with Gasteiger partial charge in [0.2, 0.25) is 0 Å². The lowest BCUT2D eigenvalue weighted by Crippen LogP contribution is -2.50. The Labute approximate surface area is 155 Å². The van der Waals surface area contributed by atoms with Crippen molar-refractivity contribution in [2.45, 2.75) is 58.9 Å². The van der Waals surface area contributed by atoms with Gasteiger partial charge in [-0.3, -0.25) is 9.89 Å². The molecule has 2 saturated heterocycles. The predicted molar refractivity (Wildman–Crippen MR) is 108 cm³/mol. The van der Waals surface area contributed by atoms with Gasteiger partial charge < -0.3 is 15.5 Å². The Balaban J connectivity index is 1.77. The van der Waals surface area contributed by atoms with E-state index in [2.05, 4.69) is 46.2 Å². The highest BCUT2D eigenvalue weighted by atomic mass is 15.2. The molecule has 0 aromatic rings. The van der Waals surface area contributed by atoms with E-state index in [-0.39, 0.29) is 0 Å². The number of guanidine groups is 1. The summed E-state index contributed by atoms with van der Waals surface area (Å²) in [5, 5.41) is 7.16. The molecule has 2 atom stereocenters. The molecule has 25 heavy (non-hydrogen) atoms. The first-order valence-corrected chi connectivity index (χ1v) is 10.5. The van der Waals surface area contributed by atoms with Crippen LogP contribution in [0.15, 0.2) is 4.99 Å². The van der Waals surface area contributed by atoms with Gasteiger partial charge in [-0.1, -0.05) is 33.6 Å². The molecule has 146 valence electrons. The van der Waals surface area contributed by atoms with Crippen molar-refractivity contribution < 1.29 is 0 Å². The Morgan fingerprint density at radius 2 is 1.80 bits per heavy atom. The number of nitrogens with one attached hydrogen (secondary N) is 2. The molecular formula is C20H41N5. The summed E-state index contributed by atoms with van der Waals surface area (Å²) in [6.07, 6.45) is 6.81. The van der Waals surface area contributed by atoms with Crippen LogP contribution in [0.5, 0.6) is 0 Å². The number of hydrogen-bond donors (Lipinski definition) is 2. The standard InChI is InChI=1S/C20H41N5/c1-5-24-13-10-18(16-24)14-22-20(21-4)23-15-19(17(2)3)25-11-8-6-7-9-12-25/h17-19H,5-16H2,1-4H3,(H2,21,22,23). The predicted octanol–water partition coefficient (Wildman–Crippen LogP) is 2.39. The second kappa shape index (κ2) is 11.0. The van der Waals surface area contributed by atoms with Gasteiger partial charge in [-0.15, -0.1) is 0 Å². The number of rotatable bonds is 7. The maximum Gasteiger partial charge on any atom is 0.191 e. The average Bonchev–Trinajstić information content (AvgIpc) is 2.91. The molecule has 2 aliphatic heterocycles. The van der Waals surface area contributed by atoms with Gasteiger partial charge in [-0.25, -0.2) is 0 Å². The molecule has 2 rings (SSSR count). The Kier molecular flexibility index (Phi) is 9.04. The number of likely N-dealkylation sites (tertiary alicyclic amines) is 2. The monoisotopic (exact) mass is 351 g/mol. The van der Waals surface area contributed by atoms with E-state index in [4.69, 9.17) is 0 Å². The van der Waals surface area contributed by atoms with Crippen LogP contribution in [0.25, 0.3) is 0 Å². The SMILES string of the molecule is CCN1CCC(CNC(=NC)NCC(C(C)C)N2CCCCCC2)C1. The summed E-state index contributed by atoms with van der Waals surface area (Å²) in [7, 11) is 1.89. The van der Waals surface area contributed by atoms with E-state index < -0.39 is 0 Å². The summed E-state index contributed by atoms with van der Waals surface area (Å²) in [6, 6.07) is 0.596. The summed E-state index contributed by atoms with van der Waals surface area (Å²) in [5.74, 6) is 2.39. The van der Waals surface area contributed by atoms with E-state index in [1.807, 2.05) is 7.05 Å². The highest BCUT2D eigenvalue weighted by Gasteiger charge is 2.24. The smallest absolute Gasteiger partial charge is 0.191 e. The zero-order valence-corrected chi connectivity index (χ0v) is 17.1. The van der Waals surface area contributed by atoms with E-state index in [0.717, 1.165) is 25.0 Å². The second-order valence-electron chi connectivity index (χ2n) is 8.14. The minimum absolute atomic E-state index is 0.596. The van der Waals surface area contributed by atoms with E-state index >= 15 is 0 Å². The molecule has 2 unspecified atom stereocenters. The molecule has 0 radical (unpaired) electrons. The fourth-order valence-electron chi connectivity index (χ4n) is 4.24. The molecule has 0 amide bonds. The first kappa shape index (κ1) is 20.5. The van der Waals surface area contributed by atoms with Crippen molar-refractivity contribution in [1.29, 1.82) is 0 Å². The molecule has 2 N–H and O–H groups in total. The zero-order chi connectivity index (χ0) is 18.1. The Morgan fingerprint density at radius 1 is 1.08 bits per heavy atom. The molecule has 0 aliphatic carbocycles. The summed E-state index contributed by atoms with van der Waals surface area (Å²) in [4.78, 5) is 9.69. The minimum Gasteiger partial charge on any atom is -0.356 e. The third-order valence-electron chi connectivity index (χ3n) is 5.96. The molecule has 0 aromatic heterocycles. The lowest BCUT2D eigenvalue weighted by atomic mass is 10.0. The average molecular weight is 352 g/mol. The third-order valence-corrected chi connectivity index (χ3v) is 5.96. The van der Waals surface area contributed by atoms with E-state index in [1.54, 1.807) is 0 Å². The minimum atomic E-state index is 0.596. The van der Waals surface area contributed by atoms with E-state index in [9.17, 15) is 0 Å². The van der Waals surface area contributed by atoms with Crippen LogP contribution >= 0.6 is 0 Å². The first-order valence-electron chi connectivity index (χ1n) is 10.5. The van der Waals surface area contributed by atoms with Crippen molar-refractivity contribution in [1.82, 2.24) is 20.4 Å². The second-order valence-corrected chi connectivity index (χ2v) is 8.14. The molecule has 0 aromatic carbocycles.